The molecule has 0 aromatic rings. The molecule has 2 N–H and O–H groups in total. The van der Waals surface area contributed by atoms with Gasteiger partial charge in [0.1, 0.15) is 6.10 Å². The molecule has 13 heavy (non-hydrogen) atoms. The second kappa shape index (κ2) is 4.23. The molecule has 1 amide bonds. The van der Waals surface area contributed by atoms with Gasteiger partial charge in [0.05, 0.1) is 0 Å². The van der Waals surface area contributed by atoms with Crippen LogP contribution in [0.4, 0.5) is 0 Å². The lowest BCUT2D eigenvalue weighted by atomic mass is 10.2. The molecule has 1 rings (SSSR count). The molecule has 0 aliphatic carbocycles. The highest BCUT2D eigenvalue weighted by Crippen LogP contribution is 2.19. The second-order valence-corrected chi connectivity index (χ2v) is 2.92. The molecule has 0 saturated carbocycles. The maximum absolute atomic E-state index is 11.2. The van der Waals surface area contributed by atoms with E-state index in [2.05, 4.69) is 5.32 Å². The average Bonchev–Trinajstić information content (AvgIpc) is 2.52. The minimum Gasteiger partial charge on any atom is -0.479 e. The van der Waals surface area contributed by atoms with Gasteiger partial charge in [0.15, 0.2) is 6.10 Å². The molecule has 1 heterocycles. The number of rotatable bonds is 3. The average molecular weight is 187 g/mol. The van der Waals surface area contributed by atoms with E-state index in [1.807, 2.05) is 6.92 Å². The van der Waals surface area contributed by atoms with E-state index in [1.54, 1.807) is 0 Å². The van der Waals surface area contributed by atoms with Crippen LogP contribution in [-0.2, 0) is 14.3 Å². The number of amides is 1. The molecule has 0 bridgehead atoms. The van der Waals surface area contributed by atoms with Gasteiger partial charge in [-0.05, 0) is 19.8 Å². The molecule has 74 valence electrons. The summed E-state index contributed by atoms with van der Waals surface area (Å²) >= 11 is 0. The van der Waals surface area contributed by atoms with Crippen molar-refractivity contribution >= 4 is 11.9 Å². The predicted molar refractivity (Wildman–Crippen MR) is 44.2 cm³/mol. The maximum Gasteiger partial charge on any atom is 0.332 e. The number of carbonyl (C=O) groups excluding carboxylic acids is 1. The first-order chi connectivity index (χ1) is 6.15. The van der Waals surface area contributed by atoms with Gasteiger partial charge in [-0.15, -0.1) is 0 Å². The normalized spacial score (nSPS) is 27.2. The number of ether oxygens (including phenoxy) is 1. The van der Waals surface area contributed by atoms with Crippen LogP contribution in [0, 0.1) is 0 Å². The Kier molecular flexibility index (Phi) is 3.25. The SMILES string of the molecule is CCNC(=O)[C@H]1CC[C@@H](C(=O)O)O1. The van der Waals surface area contributed by atoms with Crippen LogP contribution >= 0.6 is 0 Å². The molecule has 1 aliphatic rings. The summed E-state index contributed by atoms with van der Waals surface area (Å²) < 4.78 is 5.03. The zero-order chi connectivity index (χ0) is 9.84. The minimum atomic E-state index is -0.994. The number of hydrogen-bond acceptors (Lipinski definition) is 3. The summed E-state index contributed by atoms with van der Waals surface area (Å²) in [5.41, 5.74) is 0. The zero-order valence-corrected chi connectivity index (χ0v) is 7.45. The van der Waals surface area contributed by atoms with E-state index in [1.165, 1.54) is 0 Å². The molecule has 0 radical (unpaired) electrons. The number of nitrogens with one attached hydrogen (secondary N) is 1. The van der Waals surface area contributed by atoms with Crippen molar-refractivity contribution in [2.24, 2.45) is 0 Å². The van der Waals surface area contributed by atoms with Crippen LogP contribution in [0.2, 0.25) is 0 Å². The number of carbonyl (C=O) groups is 2. The first-order valence-corrected chi connectivity index (χ1v) is 4.31. The monoisotopic (exact) mass is 187 g/mol. The van der Waals surface area contributed by atoms with E-state index in [0.717, 1.165) is 0 Å². The molecular formula is C8H13NO4. The Balaban J connectivity index is 2.40. The highest BCUT2D eigenvalue weighted by Gasteiger charge is 2.34. The lowest BCUT2D eigenvalue weighted by Gasteiger charge is -2.09. The van der Waals surface area contributed by atoms with Gasteiger partial charge in [0, 0.05) is 6.54 Å². The Bertz CT molecular complexity index is 216. The van der Waals surface area contributed by atoms with Gasteiger partial charge in [0.25, 0.3) is 0 Å². The highest BCUT2D eigenvalue weighted by molar-refractivity contribution is 5.82. The van der Waals surface area contributed by atoms with Crippen molar-refractivity contribution in [2.45, 2.75) is 32.0 Å². The molecule has 5 nitrogen and oxygen atoms in total. The van der Waals surface area contributed by atoms with Crippen molar-refractivity contribution in [3.63, 3.8) is 0 Å². The van der Waals surface area contributed by atoms with Gasteiger partial charge in [0.2, 0.25) is 5.91 Å². The first kappa shape index (κ1) is 9.98. The van der Waals surface area contributed by atoms with Gasteiger partial charge >= 0.3 is 5.97 Å². The summed E-state index contributed by atoms with van der Waals surface area (Å²) in [7, 11) is 0. The van der Waals surface area contributed by atoms with Gasteiger partial charge in [-0.25, -0.2) is 4.79 Å². The largest absolute Gasteiger partial charge is 0.479 e. The maximum atomic E-state index is 11.2. The minimum absolute atomic E-state index is 0.216. The zero-order valence-electron chi connectivity index (χ0n) is 7.45. The second-order valence-electron chi connectivity index (χ2n) is 2.92. The summed E-state index contributed by atoms with van der Waals surface area (Å²) in [5.74, 6) is -1.21. The van der Waals surface area contributed by atoms with Crippen molar-refractivity contribution in [1.29, 1.82) is 0 Å². The third-order valence-corrected chi connectivity index (χ3v) is 1.94. The lowest BCUT2D eigenvalue weighted by Crippen LogP contribution is -2.35. The lowest BCUT2D eigenvalue weighted by molar-refractivity contribution is -0.151. The quantitative estimate of drug-likeness (QED) is 0.639. The number of likely N-dealkylation sites (N-methyl/N-ethyl adjacent to an activating group) is 1. The summed E-state index contributed by atoms with van der Waals surface area (Å²) in [6.45, 7) is 2.35. The molecule has 1 fully saturated rings. The number of carboxylic acids is 1. The van der Waals surface area contributed by atoms with Gasteiger partial charge in [-0.1, -0.05) is 0 Å². The van der Waals surface area contributed by atoms with E-state index in [-0.39, 0.29) is 5.91 Å². The number of aliphatic carboxylic acids is 1. The Morgan fingerprint density at radius 1 is 1.46 bits per heavy atom. The van der Waals surface area contributed by atoms with Crippen LogP contribution in [-0.4, -0.2) is 35.7 Å². The predicted octanol–water partition coefficient (Wildman–Crippen LogP) is -0.245. The molecule has 0 spiro atoms. The molecule has 1 aliphatic heterocycles. The van der Waals surface area contributed by atoms with Crippen molar-refractivity contribution < 1.29 is 19.4 Å². The fourth-order valence-corrected chi connectivity index (χ4v) is 1.30. The fraction of sp³-hybridized carbons (Fsp3) is 0.750. The summed E-state index contributed by atoms with van der Waals surface area (Å²) in [6.07, 6.45) is -0.492. The third kappa shape index (κ3) is 2.42. The van der Waals surface area contributed by atoms with Crippen LogP contribution in [0.5, 0.6) is 0 Å². The Morgan fingerprint density at radius 2 is 2.08 bits per heavy atom. The molecule has 5 heteroatoms. The third-order valence-electron chi connectivity index (χ3n) is 1.94. The van der Waals surface area contributed by atoms with E-state index in [0.29, 0.717) is 19.4 Å². The Hall–Kier alpha value is -1.10. The van der Waals surface area contributed by atoms with Crippen LogP contribution in [0.3, 0.4) is 0 Å². The van der Waals surface area contributed by atoms with E-state index < -0.39 is 18.2 Å². The van der Waals surface area contributed by atoms with Crippen LogP contribution in [0.1, 0.15) is 19.8 Å². The first-order valence-electron chi connectivity index (χ1n) is 4.31. The molecule has 0 aromatic carbocycles. The topological polar surface area (TPSA) is 75.6 Å². The summed E-state index contributed by atoms with van der Waals surface area (Å²) in [5, 5.41) is 11.2. The van der Waals surface area contributed by atoms with E-state index >= 15 is 0 Å². The Morgan fingerprint density at radius 3 is 2.54 bits per heavy atom. The van der Waals surface area contributed by atoms with Crippen molar-refractivity contribution in [2.75, 3.05) is 6.54 Å². The standard InChI is InChI=1S/C8H13NO4/c1-2-9-7(10)5-3-4-6(13-5)8(11)12/h5-6H,2-4H2,1H3,(H,9,10)(H,11,12)/t5-,6+/m1/s1. The highest BCUT2D eigenvalue weighted by atomic mass is 16.5. The van der Waals surface area contributed by atoms with Gasteiger partial charge < -0.3 is 15.2 Å². The molecule has 0 unspecified atom stereocenters. The van der Waals surface area contributed by atoms with Crippen molar-refractivity contribution in [1.82, 2.24) is 5.32 Å². The van der Waals surface area contributed by atoms with E-state index in [4.69, 9.17) is 9.84 Å². The van der Waals surface area contributed by atoms with Crippen LogP contribution in [0.15, 0.2) is 0 Å². The van der Waals surface area contributed by atoms with Crippen molar-refractivity contribution in [3.8, 4) is 0 Å². The molecule has 0 aromatic heterocycles. The number of carboxylic acid groups (broad SMARTS) is 1. The summed E-state index contributed by atoms with van der Waals surface area (Å²) in [4.78, 5) is 21.7. The van der Waals surface area contributed by atoms with Gasteiger partial charge in [-0.3, -0.25) is 4.79 Å². The van der Waals surface area contributed by atoms with Crippen molar-refractivity contribution in [3.05, 3.63) is 0 Å². The fourth-order valence-electron chi connectivity index (χ4n) is 1.30. The van der Waals surface area contributed by atoms with E-state index in [9.17, 15) is 9.59 Å². The van der Waals surface area contributed by atoms with Crippen LogP contribution < -0.4 is 5.32 Å². The summed E-state index contributed by atoms with van der Waals surface area (Å²) in [6, 6.07) is 0. The smallest absolute Gasteiger partial charge is 0.332 e. The molecule has 2 atom stereocenters. The number of hydrogen-bond donors (Lipinski definition) is 2. The Labute approximate surface area is 76.1 Å². The molecule has 1 saturated heterocycles. The molecular weight excluding hydrogens is 174 g/mol. The van der Waals surface area contributed by atoms with Crippen LogP contribution in [0.25, 0.3) is 0 Å². The van der Waals surface area contributed by atoms with Gasteiger partial charge in [-0.2, -0.15) is 0 Å².